The third kappa shape index (κ3) is 4.24. The highest BCUT2D eigenvalue weighted by Crippen LogP contribution is 2.14. The van der Waals surface area contributed by atoms with Gasteiger partial charge < -0.3 is 10.1 Å². The van der Waals surface area contributed by atoms with E-state index in [0.717, 1.165) is 5.56 Å². The van der Waals surface area contributed by atoms with Crippen molar-refractivity contribution in [1.29, 1.82) is 0 Å². The van der Waals surface area contributed by atoms with E-state index in [1.807, 2.05) is 18.2 Å². The van der Waals surface area contributed by atoms with E-state index in [4.69, 9.17) is 16.3 Å². The zero-order valence-corrected chi connectivity index (χ0v) is 11.4. The Morgan fingerprint density at radius 1 is 1.15 bits per heavy atom. The molecule has 0 atom stereocenters. The fourth-order valence-electron chi connectivity index (χ4n) is 1.57. The zero-order valence-electron chi connectivity index (χ0n) is 10.6. The fraction of sp³-hybridized carbons (Fsp3) is 0.133. The van der Waals surface area contributed by atoms with E-state index in [1.54, 1.807) is 6.07 Å². The zero-order chi connectivity index (χ0) is 14.4. The maximum atomic E-state index is 12.7. The molecule has 2 aromatic carbocycles. The average molecular weight is 294 g/mol. The Balaban J connectivity index is 1.78. The number of halogens is 2. The van der Waals surface area contributed by atoms with Crippen molar-refractivity contribution in [1.82, 2.24) is 5.32 Å². The second kappa shape index (κ2) is 6.91. The minimum absolute atomic E-state index is 0.129. The first-order valence-electron chi connectivity index (χ1n) is 6.03. The largest absolute Gasteiger partial charge is 0.484 e. The number of hydrogen-bond donors (Lipinski definition) is 1. The number of nitrogens with one attached hydrogen (secondary N) is 1. The van der Waals surface area contributed by atoms with E-state index in [0.29, 0.717) is 17.3 Å². The Hall–Kier alpha value is -2.07. The maximum Gasteiger partial charge on any atom is 0.258 e. The van der Waals surface area contributed by atoms with Gasteiger partial charge in [-0.05, 0) is 35.9 Å². The highest BCUT2D eigenvalue weighted by molar-refractivity contribution is 6.31. The van der Waals surface area contributed by atoms with Crippen LogP contribution in [-0.2, 0) is 11.3 Å². The lowest BCUT2D eigenvalue weighted by Gasteiger charge is -2.08. The number of ether oxygens (including phenoxy) is 1. The number of rotatable bonds is 5. The van der Waals surface area contributed by atoms with Crippen LogP contribution in [0.3, 0.4) is 0 Å². The molecule has 2 aromatic rings. The van der Waals surface area contributed by atoms with E-state index in [9.17, 15) is 9.18 Å². The summed E-state index contributed by atoms with van der Waals surface area (Å²) in [5, 5.41) is 3.30. The number of carbonyl (C=O) groups is 1. The second-order valence-corrected chi connectivity index (χ2v) is 4.52. The van der Waals surface area contributed by atoms with Gasteiger partial charge in [0.05, 0.1) is 0 Å². The SMILES string of the molecule is O=C(COc1ccc(F)cc1)NCc1ccccc1Cl. The van der Waals surface area contributed by atoms with Crippen LogP contribution < -0.4 is 10.1 Å². The first kappa shape index (κ1) is 14.3. The Morgan fingerprint density at radius 2 is 1.85 bits per heavy atom. The lowest BCUT2D eigenvalue weighted by atomic mass is 10.2. The molecule has 3 nitrogen and oxygen atoms in total. The molecule has 0 radical (unpaired) electrons. The van der Waals surface area contributed by atoms with Crippen LogP contribution >= 0.6 is 11.6 Å². The summed E-state index contributed by atoms with van der Waals surface area (Å²) in [6, 6.07) is 12.8. The number of hydrogen-bond acceptors (Lipinski definition) is 2. The molecular weight excluding hydrogens is 281 g/mol. The molecule has 0 spiro atoms. The quantitative estimate of drug-likeness (QED) is 0.919. The normalized spacial score (nSPS) is 10.1. The summed E-state index contributed by atoms with van der Waals surface area (Å²) in [5.74, 6) is -0.172. The predicted molar refractivity (Wildman–Crippen MR) is 75.2 cm³/mol. The molecule has 0 bridgehead atoms. The molecule has 0 aliphatic carbocycles. The Kier molecular flexibility index (Phi) is 4.96. The van der Waals surface area contributed by atoms with Gasteiger partial charge in [-0.15, -0.1) is 0 Å². The lowest BCUT2D eigenvalue weighted by molar-refractivity contribution is -0.123. The maximum absolute atomic E-state index is 12.7. The minimum Gasteiger partial charge on any atom is -0.484 e. The molecule has 2 rings (SSSR count). The van der Waals surface area contributed by atoms with Gasteiger partial charge in [0, 0.05) is 11.6 Å². The van der Waals surface area contributed by atoms with Crippen LogP contribution in [0.2, 0.25) is 5.02 Å². The monoisotopic (exact) mass is 293 g/mol. The van der Waals surface area contributed by atoms with Gasteiger partial charge >= 0.3 is 0 Å². The van der Waals surface area contributed by atoms with Crippen molar-refractivity contribution in [3.05, 3.63) is 64.9 Å². The summed E-state index contributed by atoms with van der Waals surface area (Å²) in [5.41, 5.74) is 0.837. The highest BCUT2D eigenvalue weighted by Gasteiger charge is 2.04. The summed E-state index contributed by atoms with van der Waals surface area (Å²) in [4.78, 5) is 11.6. The molecule has 1 N–H and O–H groups in total. The van der Waals surface area contributed by atoms with Crippen molar-refractivity contribution in [3.63, 3.8) is 0 Å². The van der Waals surface area contributed by atoms with Gasteiger partial charge in [-0.1, -0.05) is 29.8 Å². The van der Waals surface area contributed by atoms with Gasteiger partial charge in [-0.2, -0.15) is 0 Å². The van der Waals surface area contributed by atoms with E-state index in [2.05, 4.69) is 5.32 Å². The number of benzene rings is 2. The summed E-state index contributed by atoms with van der Waals surface area (Å²) in [6.45, 7) is 0.210. The van der Waals surface area contributed by atoms with Crippen molar-refractivity contribution < 1.29 is 13.9 Å². The lowest BCUT2D eigenvalue weighted by Crippen LogP contribution is -2.28. The Morgan fingerprint density at radius 3 is 2.55 bits per heavy atom. The molecule has 0 aromatic heterocycles. The minimum atomic E-state index is -0.347. The highest BCUT2D eigenvalue weighted by atomic mass is 35.5. The average Bonchev–Trinajstić information content (AvgIpc) is 2.46. The number of carbonyl (C=O) groups excluding carboxylic acids is 1. The van der Waals surface area contributed by atoms with Gasteiger partial charge in [-0.25, -0.2) is 4.39 Å². The van der Waals surface area contributed by atoms with Crippen molar-refractivity contribution in [2.45, 2.75) is 6.54 Å². The van der Waals surface area contributed by atoms with Crippen LogP contribution in [0.15, 0.2) is 48.5 Å². The molecular formula is C15H13ClFNO2. The fourth-order valence-corrected chi connectivity index (χ4v) is 1.77. The molecule has 0 unspecified atom stereocenters. The van der Waals surface area contributed by atoms with E-state index in [1.165, 1.54) is 24.3 Å². The molecule has 0 fully saturated rings. The summed E-state index contributed by atoms with van der Waals surface area (Å²) < 4.78 is 17.9. The van der Waals surface area contributed by atoms with Gasteiger partial charge in [0.1, 0.15) is 11.6 Å². The third-order valence-electron chi connectivity index (χ3n) is 2.62. The summed E-state index contributed by atoms with van der Waals surface area (Å²) in [7, 11) is 0. The Labute approximate surface area is 121 Å². The predicted octanol–water partition coefficient (Wildman–Crippen LogP) is 3.17. The molecule has 104 valence electrons. The van der Waals surface area contributed by atoms with Gasteiger partial charge in [0.25, 0.3) is 5.91 Å². The van der Waals surface area contributed by atoms with Crippen LogP contribution in [0.25, 0.3) is 0 Å². The van der Waals surface area contributed by atoms with Crippen molar-refractivity contribution in [3.8, 4) is 5.75 Å². The smallest absolute Gasteiger partial charge is 0.258 e. The summed E-state index contributed by atoms with van der Waals surface area (Å²) >= 11 is 5.98. The first-order chi connectivity index (χ1) is 9.65. The second-order valence-electron chi connectivity index (χ2n) is 4.11. The first-order valence-corrected chi connectivity index (χ1v) is 6.41. The molecule has 5 heteroatoms. The third-order valence-corrected chi connectivity index (χ3v) is 2.99. The van der Waals surface area contributed by atoms with Crippen LogP contribution in [0.4, 0.5) is 4.39 Å². The summed E-state index contributed by atoms with van der Waals surface area (Å²) in [6.07, 6.45) is 0. The molecule has 0 heterocycles. The van der Waals surface area contributed by atoms with Gasteiger partial charge in [0.15, 0.2) is 6.61 Å². The van der Waals surface area contributed by atoms with E-state index < -0.39 is 0 Å². The van der Waals surface area contributed by atoms with Crippen LogP contribution in [0.1, 0.15) is 5.56 Å². The van der Waals surface area contributed by atoms with Crippen LogP contribution in [-0.4, -0.2) is 12.5 Å². The van der Waals surface area contributed by atoms with Crippen LogP contribution in [0.5, 0.6) is 5.75 Å². The Bertz CT molecular complexity index is 587. The van der Waals surface area contributed by atoms with Crippen molar-refractivity contribution in [2.75, 3.05) is 6.61 Å². The van der Waals surface area contributed by atoms with E-state index >= 15 is 0 Å². The molecule has 1 amide bonds. The number of amides is 1. The van der Waals surface area contributed by atoms with Crippen molar-refractivity contribution >= 4 is 17.5 Å². The van der Waals surface area contributed by atoms with Gasteiger partial charge in [-0.3, -0.25) is 4.79 Å². The van der Waals surface area contributed by atoms with Crippen LogP contribution in [0, 0.1) is 5.82 Å². The van der Waals surface area contributed by atoms with E-state index in [-0.39, 0.29) is 18.3 Å². The van der Waals surface area contributed by atoms with Crippen molar-refractivity contribution in [2.24, 2.45) is 0 Å². The topological polar surface area (TPSA) is 38.3 Å². The standard InChI is InChI=1S/C15H13ClFNO2/c16-14-4-2-1-3-11(14)9-18-15(19)10-20-13-7-5-12(17)6-8-13/h1-8H,9-10H2,(H,18,19). The molecule has 0 aliphatic heterocycles. The molecule has 0 saturated heterocycles. The van der Waals surface area contributed by atoms with Gasteiger partial charge in [0.2, 0.25) is 0 Å². The molecule has 0 aliphatic rings. The molecule has 0 saturated carbocycles. The molecule has 20 heavy (non-hydrogen) atoms.